The minimum atomic E-state index is -1.00. The van der Waals surface area contributed by atoms with Crippen LogP contribution in [-0.4, -0.2) is 33.8 Å². The van der Waals surface area contributed by atoms with Crippen molar-refractivity contribution in [2.24, 2.45) is 5.10 Å². The maximum absolute atomic E-state index is 11.2. The van der Waals surface area contributed by atoms with Crippen LogP contribution in [0.3, 0.4) is 0 Å². The Morgan fingerprint density at radius 3 is 2.82 bits per heavy atom. The van der Waals surface area contributed by atoms with E-state index in [0.29, 0.717) is 29.2 Å². The third-order valence-corrected chi connectivity index (χ3v) is 5.06. The van der Waals surface area contributed by atoms with E-state index in [4.69, 9.17) is 14.6 Å². The predicted molar refractivity (Wildman–Crippen MR) is 130 cm³/mol. The number of ether oxygens (including phenoxy) is 2. The van der Waals surface area contributed by atoms with Gasteiger partial charge in [0.15, 0.2) is 11.5 Å². The zero-order valence-electron chi connectivity index (χ0n) is 17.4. The molecule has 0 radical (unpaired) electrons. The number of aromatic carboxylic acids is 1. The Balaban J connectivity index is 1.78. The number of nitro groups is 1. The molecule has 0 spiro atoms. The van der Waals surface area contributed by atoms with E-state index in [1.54, 1.807) is 24.3 Å². The topological polar surface area (TPSA) is 136 Å². The fourth-order valence-electron chi connectivity index (χ4n) is 2.81. The van der Waals surface area contributed by atoms with E-state index < -0.39 is 10.9 Å². The first-order chi connectivity index (χ1) is 15.9. The number of aromatic nitrogens is 1. The summed E-state index contributed by atoms with van der Waals surface area (Å²) >= 11 is 2.11. The summed E-state index contributed by atoms with van der Waals surface area (Å²) in [4.78, 5) is 25.6. The largest absolute Gasteiger partial charge is 0.490 e. The number of pyridine rings is 1. The van der Waals surface area contributed by atoms with E-state index in [1.807, 2.05) is 13.0 Å². The summed E-state index contributed by atoms with van der Waals surface area (Å²) in [6, 6.07) is 12.9. The van der Waals surface area contributed by atoms with Crippen molar-refractivity contribution in [3.05, 3.63) is 85.1 Å². The normalized spacial score (nSPS) is 10.7. The first-order valence-electron chi connectivity index (χ1n) is 9.69. The molecule has 0 atom stereocenters. The first kappa shape index (κ1) is 23.9. The van der Waals surface area contributed by atoms with Gasteiger partial charge in [-0.15, -0.1) is 0 Å². The molecule has 0 saturated heterocycles. The van der Waals surface area contributed by atoms with Crippen LogP contribution >= 0.6 is 22.6 Å². The van der Waals surface area contributed by atoms with Gasteiger partial charge in [0.05, 0.1) is 26.9 Å². The fraction of sp³-hybridized carbons (Fsp3) is 0.136. The molecule has 0 bridgehead atoms. The van der Waals surface area contributed by atoms with Gasteiger partial charge in [0.2, 0.25) is 5.82 Å². The van der Waals surface area contributed by atoms with E-state index in [2.05, 4.69) is 38.1 Å². The molecule has 0 fully saturated rings. The number of hydrogen-bond acceptors (Lipinski definition) is 8. The molecule has 1 heterocycles. The maximum atomic E-state index is 11.2. The second-order valence-corrected chi connectivity index (χ2v) is 7.72. The number of halogens is 1. The SMILES string of the molecule is CCOc1cc(/C=N\Nc2ncccc2[N+](=O)[O-])cc(I)c1OCc1cccc(C(=O)O)c1. The molecular formula is C22H19IN4O6. The van der Waals surface area contributed by atoms with Crippen LogP contribution in [0.25, 0.3) is 0 Å². The van der Waals surface area contributed by atoms with Crippen molar-refractivity contribution >= 4 is 46.3 Å². The van der Waals surface area contributed by atoms with Crippen LogP contribution < -0.4 is 14.9 Å². The molecule has 0 saturated carbocycles. The monoisotopic (exact) mass is 562 g/mol. The summed E-state index contributed by atoms with van der Waals surface area (Å²) in [6.07, 6.45) is 2.92. The molecule has 3 aromatic rings. The minimum Gasteiger partial charge on any atom is -0.490 e. The number of carboxylic acids is 1. The van der Waals surface area contributed by atoms with Crippen molar-refractivity contribution < 1.29 is 24.3 Å². The van der Waals surface area contributed by atoms with E-state index in [-0.39, 0.29) is 23.7 Å². The van der Waals surface area contributed by atoms with Crippen molar-refractivity contribution in [3.63, 3.8) is 0 Å². The number of benzene rings is 2. The molecule has 0 aliphatic rings. The van der Waals surface area contributed by atoms with Crippen molar-refractivity contribution in [3.8, 4) is 11.5 Å². The van der Waals surface area contributed by atoms with Crippen molar-refractivity contribution in [2.75, 3.05) is 12.0 Å². The van der Waals surface area contributed by atoms with Crippen LogP contribution in [0.4, 0.5) is 11.5 Å². The number of carboxylic acid groups (broad SMARTS) is 1. The smallest absolute Gasteiger partial charge is 0.335 e. The van der Waals surface area contributed by atoms with Gasteiger partial charge in [0, 0.05) is 12.3 Å². The number of nitrogens with zero attached hydrogens (tertiary/aromatic N) is 3. The van der Waals surface area contributed by atoms with Gasteiger partial charge in [0.25, 0.3) is 0 Å². The van der Waals surface area contributed by atoms with Crippen molar-refractivity contribution in [2.45, 2.75) is 13.5 Å². The van der Waals surface area contributed by atoms with Gasteiger partial charge >= 0.3 is 11.7 Å². The average molecular weight is 562 g/mol. The van der Waals surface area contributed by atoms with Crippen molar-refractivity contribution in [1.82, 2.24) is 4.98 Å². The van der Waals surface area contributed by atoms with Crippen LogP contribution in [0.2, 0.25) is 0 Å². The van der Waals surface area contributed by atoms with Crippen molar-refractivity contribution in [1.29, 1.82) is 0 Å². The molecule has 11 heteroatoms. The summed E-state index contributed by atoms with van der Waals surface area (Å²) in [5.41, 5.74) is 3.97. The quantitative estimate of drug-likeness (QED) is 0.157. The Kier molecular flexibility index (Phi) is 8.13. The number of rotatable bonds is 10. The van der Waals surface area contributed by atoms with E-state index >= 15 is 0 Å². The third-order valence-electron chi connectivity index (χ3n) is 4.26. The first-order valence-corrected chi connectivity index (χ1v) is 10.8. The number of anilines is 1. The summed E-state index contributed by atoms with van der Waals surface area (Å²) in [5.74, 6) is 0.0319. The molecule has 0 unspecified atom stereocenters. The standard InChI is InChI=1S/C22H19IN4O6/c1-2-32-19-11-15(12-25-26-21-18(27(30)31)7-4-8-24-21)10-17(23)20(19)33-13-14-5-3-6-16(9-14)22(28)29/h3-12H,2,13H2,1H3,(H,24,26)(H,28,29)/b25-12-. The Morgan fingerprint density at radius 2 is 2.09 bits per heavy atom. The van der Waals surface area contributed by atoms with Gasteiger partial charge < -0.3 is 14.6 Å². The lowest BCUT2D eigenvalue weighted by Gasteiger charge is -2.15. The third kappa shape index (κ3) is 6.38. The molecule has 0 aliphatic heterocycles. The number of hydrazone groups is 1. The second-order valence-electron chi connectivity index (χ2n) is 6.56. The summed E-state index contributed by atoms with van der Waals surface area (Å²) < 4.78 is 12.4. The van der Waals surface area contributed by atoms with E-state index in [0.717, 1.165) is 3.57 Å². The molecule has 10 nitrogen and oxygen atoms in total. The maximum Gasteiger partial charge on any atom is 0.335 e. The lowest BCUT2D eigenvalue weighted by Crippen LogP contribution is -2.04. The second kappa shape index (κ2) is 11.2. The van der Waals surface area contributed by atoms with E-state index in [1.165, 1.54) is 30.6 Å². The lowest BCUT2D eigenvalue weighted by molar-refractivity contribution is -0.384. The van der Waals surface area contributed by atoms with Crippen LogP contribution in [-0.2, 0) is 6.61 Å². The van der Waals surface area contributed by atoms with Gasteiger partial charge in [-0.25, -0.2) is 9.78 Å². The molecule has 2 N–H and O–H groups in total. The van der Waals surface area contributed by atoms with Gasteiger partial charge in [-0.3, -0.25) is 15.5 Å². The molecule has 170 valence electrons. The van der Waals surface area contributed by atoms with Crippen LogP contribution in [0, 0.1) is 13.7 Å². The zero-order valence-corrected chi connectivity index (χ0v) is 19.6. The highest BCUT2D eigenvalue weighted by atomic mass is 127. The van der Waals surface area contributed by atoms with Gasteiger partial charge in [-0.1, -0.05) is 12.1 Å². The highest BCUT2D eigenvalue weighted by molar-refractivity contribution is 14.1. The Bertz CT molecular complexity index is 1200. The summed E-state index contributed by atoms with van der Waals surface area (Å²) in [7, 11) is 0. The number of carbonyl (C=O) groups is 1. The van der Waals surface area contributed by atoms with E-state index in [9.17, 15) is 14.9 Å². The molecule has 33 heavy (non-hydrogen) atoms. The average Bonchev–Trinajstić information content (AvgIpc) is 2.79. The fourth-order valence-corrected chi connectivity index (χ4v) is 3.59. The molecular weight excluding hydrogens is 543 g/mol. The molecule has 2 aromatic carbocycles. The Labute approximate surface area is 202 Å². The Morgan fingerprint density at radius 1 is 1.27 bits per heavy atom. The predicted octanol–water partition coefficient (Wildman–Crippen LogP) is 4.72. The Hall–Kier alpha value is -3.74. The number of hydrogen-bond donors (Lipinski definition) is 2. The van der Waals surface area contributed by atoms with Crippen LogP contribution in [0.15, 0.2) is 59.8 Å². The van der Waals surface area contributed by atoms with Gasteiger partial charge in [-0.05, 0) is 71.0 Å². The molecule has 3 rings (SSSR count). The van der Waals surface area contributed by atoms with Crippen LogP contribution in [0.5, 0.6) is 11.5 Å². The highest BCUT2D eigenvalue weighted by Gasteiger charge is 2.14. The molecule has 1 aromatic heterocycles. The molecule has 0 amide bonds. The lowest BCUT2D eigenvalue weighted by atomic mass is 10.1. The van der Waals surface area contributed by atoms with Gasteiger partial charge in [-0.2, -0.15) is 5.10 Å². The zero-order chi connectivity index (χ0) is 23.8. The van der Waals surface area contributed by atoms with Gasteiger partial charge in [0.1, 0.15) is 6.61 Å². The minimum absolute atomic E-state index is 0.0297. The highest BCUT2D eigenvalue weighted by Crippen LogP contribution is 2.34. The summed E-state index contributed by atoms with van der Waals surface area (Å²) in [6.45, 7) is 2.41. The number of nitrogens with one attached hydrogen (secondary N) is 1. The molecule has 0 aliphatic carbocycles. The van der Waals surface area contributed by atoms with Crippen LogP contribution in [0.1, 0.15) is 28.4 Å². The summed E-state index contributed by atoms with van der Waals surface area (Å²) in [5, 5.41) is 24.3.